The molecule has 16 heavy (non-hydrogen) atoms. The topological polar surface area (TPSA) is 18.5 Å². The van der Waals surface area contributed by atoms with Gasteiger partial charge in [-0.05, 0) is 32.1 Å². The second-order valence-electron chi connectivity index (χ2n) is 4.45. The van der Waals surface area contributed by atoms with E-state index in [9.17, 15) is 0 Å². The van der Waals surface area contributed by atoms with Crippen LogP contribution in [0.5, 0.6) is 0 Å². The molecule has 1 aliphatic carbocycles. The van der Waals surface area contributed by atoms with Crippen molar-refractivity contribution in [3.05, 3.63) is 12.2 Å². The summed E-state index contributed by atoms with van der Waals surface area (Å²) in [4.78, 5) is 0. The number of hydrogen-bond donors (Lipinski definition) is 0. The minimum atomic E-state index is 0.337. The summed E-state index contributed by atoms with van der Waals surface area (Å²) in [6.07, 6.45) is 10.8. The van der Waals surface area contributed by atoms with Crippen molar-refractivity contribution >= 4 is 0 Å². The zero-order valence-electron chi connectivity index (χ0n) is 10.8. The van der Waals surface area contributed by atoms with E-state index in [1.807, 2.05) is 0 Å². The molecule has 2 heteroatoms. The standard InChI is InChI=1S/C14H26O2/c1-3-5-6-11-15-12-10-13-8-7-9-14(13)16-4-2/h7,9,13-14H,3-6,8,10-12H2,1-2H3. The van der Waals surface area contributed by atoms with E-state index in [1.165, 1.54) is 19.3 Å². The molecular weight excluding hydrogens is 200 g/mol. The zero-order chi connectivity index (χ0) is 11.6. The van der Waals surface area contributed by atoms with E-state index in [0.29, 0.717) is 12.0 Å². The highest BCUT2D eigenvalue weighted by Crippen LogP contribution is 2.24. The summed E-state index contributed by atoms with van der Waals surface area (Å²) in [7, 11) is 0. The van der Waals surface area contributed by atoms with Crippen LogP contribution in [0, 0.1) is 5.92 Å². The van der Waals surface area contributed by atoms with Gasteiger partial charge in [-0.2, -0.15) is 0 Å². The highest BCUT2D eigenvalue weighted by molar-refractivity contribution is 5.02. The van der Waals surface area contributed by atoms with Gasteiger partial charge in [0.1, 0.15) is 0 Å². The van der Waals surface area contributed by atoms with Gasteiger partial charge in [-0.3, -0.25) is 0 Å². The molecule has 0 saturated carbocycles. The van der Waals surface area contributed by atoms with Crippen LogP contribution in [0.15, 0.2) is 12.2 Å². The van der Waals surface area contributed by atoms with Gasteiger partial charge < -0.3 is 9.47 Å². The van der Waals surface area contributed by atoms with Gasteiger partial charge in [0.05, 0.1) is 6.10 Å². The monoisotopic (exact) mass is 226 g/mol. The van der Waals surface area contributed by atoms with Gasteiger partial charge in [-0.15, -0.1) is 0 Å². The van der Waals surface area contributed by atoms with Gasteiger partial charge in [0.2, 0.25) is 0 Å². The second kappa shape index (κ2) is 8.77. The summed E-state index contributed by atoms with van der Waals surface area (Å²) in [5, 5.41) is 0. The summed E-state index contributed by atoms with van der Waals surface area (Å²) in [5.41, 5.74) is 0. The van der Waals surface area contributed by atoms with E-state index < -0.39 is 0 Å². The maximum Gasteiger partial charge on any atom is 0.0787 e. The van der Waals surface area contributed by atoms with Crippen molar-refractivity contribution < 1.29 is 9.47 Å². The third-order valence-electron chi connectivity index (χ3n) is 3.11. The molecule has 0 aromatic rings. The van der Waals surface area contributed by atoms with E-state index >= 15 is 0 Å². The highest BCUT2D eigenvalue weighted by Gasteiger charge is 2.22. The smallest absolute Gasteiger partial charge is 0.0787 e. The van der Waals surface area contributed by atoms with Crippen LogP contribution in [0.25, 0.3) is 0 Å². The number of ether oxygens (including phenoxy) is 2. The number of hydrogen-bond acceptors (Lipinski definition) is 2. The minimum Gasteiger partial charge on any atom is -0.381 e. The Bertz CT molecular complexity index is 189. The quantitative estimate of drug-likeness (QED) is 0.442. The molecule has 0 aromatic heterocycles. The molecular formula is C14H26O2. The molecule has 0 fully saturated rings. The average Bonchev–Trinajstić information content (AvgIpc) is 2.72. The normalized spacial score (nSPS) is 24.1. The summed E-state index contributed by atoms with van der Waals surface area (Å²) >= 11 is 0. The lowest BCUT2D eigenvalue weighted by molar-refractivity contribution is 0.0411. The Hall–Kier alpha value is -0.340. The minimum absolute atomic E-state index is 0.337. The fraction of sp³-hybridized carbons (Fsp3) is 0.857. The van der Waals surface area contributed by atoms with E-state index in [2.05, 4.69) is 26.0 Å². The van der Waals surface area contributed by atoms with Gasteiger partial charge in [-0.25, -0.2) is 0 Å². The van der Waals surface area contributed by atoms with Crippen LogP contribution < -0.4 is 0 Å². The molecule has 1 aliphatic rings. The number of rotatable bonds is 9. The lowest BCUT2D eigenvalue weighted by atomic mass is 10.0. The Balaban J connectivity index is 2.00. The first-order valence-corrected chi connectivity index (χ1v) is 6.74. The van der Waals surface area contributed by atoms with E-state index in [-0.39, 0.29) is 0 Å². The van der Waals surface area contributed by atoms with Crippen LogP contribution in [0.1, 0.15) is 46.0 Å². The molecule has 0 heterocycles. The Labute approximate surface area is 100 Å². The fourth-order valence-corrected chi connectivity index (χ4v) is 2.14. The Kier molecular flexibility index (Phi) is 7.52. The predicted molar refractivity (Wildman–Crippen MR) is 67.6 cm³/mol. The first-order chi connectivity index (χ1) is 7.88. The molecule has 0 amide bonds. The van der Waals surface area contributed by atoms with E-state index in [0.717, 1.165) is 32.7 Å². The third-order valence-corrected chi connectivity index (χ3v) is 3.11. The van der Waals surface area contributed by atoms with E-state index in [1.54, 1.807) is 0 Å². The van der Waals surface area contributed by atoms with Gasteiger partial charge in [0, 0.05) is 19.8 Å². The van der Waals surface area contributed by atoms with Crippen LogP contribution in [0.4, 0.5) is 0 Å². The van der Waals surface area contributed by atoms with Crippen molar-refractivity contribution in [2.75, 3.05) is 19.8 Å². The fourth-order valence-electron chi connectivity index (χ4n) is 2.14. The van der Waals surface area contributed by atoms with Crippen LogP contribution in [-0.4, -0.2) is 25.9 Å². The first-order valence-electron chi connectivity index (χ1n) is 6.74. The number of allylic oxidation sites excluding steroid dienone is 1. The molecule has 0 spiro atoms. The molecule has 0 bridgehead atoms. The molecule has 2 atom stereocenters. The third kappa shape index (κ3) is 5.13. The summed E-state index contributed by atoms with van der Waals surface area (Å²) < 4.78 is 11.3. The van der Waals surface area contributed by atoms with Gasteiger partial charge in [0.25, 0.3) is 0 Å². The Morgan fingerprint density at radius 1 is 1.19 bits per heavy atom. The largest absolute Gasteiger partial charge is 0.381 e. The molecule has 0 aromatic carbocycles. The zero-order valence-corrected chi connectivity index (χ0v) is 10.8. The van der Waals surface area contributed by atoms with E-state index in [4.69, 9.17) is 9.47 Å². The van der Waals surface area contributed by atoms with Crippen molar-refractivity contribution in [3.63, 3.8) is 0 Å². The van der Waals surface area contributed by atoms with Crippen LogP contribution >= 0.6 is 0 Å². The lowest BCUT2D eigenvalue weighted by Gasteiger charge is -2.19. The van der Waals surface area contributed by atoms with Crippen LogP contribution in [0.2, 0.25) is 0 Å². The molecule has 1 rings (SSSR count). The maximum absolute atomic E-state index is 5.67. The lowest BCUT2D eigenvalue weighted by Crippen LogP contribution is -2.19. The average molecular weight is 226 g/mol. The second-order valence-corrected chi connectivity index (χ2v) is 4.45. The molecule has 2 nitrogen and oxygen atoms in total. The van der Waals surface area contributed by atoms with Crippen molar-refractivity contribution in [2.24, 2.45) is 5.92 Å². The maximum atomic E-state index is 5.67. The SMILES string of the molecule is CCCCCOCCC1CC=CC1OCC. The molecule has 0 radical (unpaired) electrons. The van der Waals surface area contributed by atoms with Crippen molar-refractivity contribution in [3.8, 4) is 0 Å². The van der Waals surface area contributed by atoms with Gasteiger partial charge >= 0.3 is 0 Å². The van der Waals surface area contributed by atoms with Gasteiger partial charge in [0.15, 0.2) is 0 Å². The first kappa shape index (κ1) is 13.7. The van der Waals surface area contributed by atoms with Gasteiger partial charge in [-0.1, -0.05) is 31.9 Å². The molecule has 94 valence electrons. The number of unbranched alkanes of at least 4 members (excludes halogenated alkanes) is 2. The Morgan fingerprint density at radius 3 is 2.81 bits per heavy atom. The van der Waals surface area contributed by atoms with Crippen molar-refractivity contribution in [1.82, 2.24) is 0 Å². The highest BCUT2D eigenvalue weighted by atomic mass is 16.5. The van der Waals surface area contributed by atoms with Crippen molar-refractivity contribution in [1.29, 1.82) is 0 Å². The molecule has 0 aliphatic heterocycles. The van der Waals surface area contributed by atoms with Crippen LogP contribution in [0.3, 0.4) is 0 Å². The Morgan fingerprint density at radius 2 is 2.06 bits per heavy atom. The molecule has 0 saturated heterocycles. The summed E-state index contributed by atoms with van der Waals surface area (Å²) in [6.45, 7) is 6.90. The summed E-state index contributed by atoms with van der Waals surface area (Å²) in [6, 6.07) is 0. The van der Waals surface area contributed by atoms with Crippen LogP contribution in [-0.2, 0) is 9.47 Å². The molecule has 0 N–H and O–H groups in total. The summed E-state index contributed by atoms with van der Waals surface area (Å²) in [5.74, 6) is 0.645. The molecule has 2 unspecified atom stereocenters. The van der Waals surface area contributed by atoms with Crippen molar-refractivity contribution in [2.45, 2.75) is 52.1 Å². The predicted octanol–water partition coefficient (Wildman–Crippen LogP) is 3.56.